The van der Waals surface area contributed by atoms with E-state index < -0.39 is 12.0 Å². The van der Waals surface area contributed by atoms with Crippen LogP contribution in [0.4, 0.5) is 0 Å². The minimum atomic E-state index is -1.01. The van der Waals surface area contributed by atoms with E-state index in [1.165, 1.54) is 6.26 Å². The minimum absolute atomic E-state index is 0.0341. The molecule has 0 aliphatic rings. The summed E-state index contributed by atoms with van der Waals surface area (Å²) in [6.07, 6.45) is 3.50. The normalized spacial score (nSPS) is 12.1. The number of aliphatic carboxylic acids is 1. The lowest BCUT2D eigenvalue weighted by atomic mass is 10.1. The smallest absolute Gasteiger partial charge is 0.326 e. The number of rotatable bonds is 7. The van der Waals surface area contributed by atoms with Gasteiger partial charge in [-0.15, -0.1) is 0 Å². The second-order valence-electron chi connectivity index (χ2n) is 3.77. The molecule has 0 fully saturated rings. The third kappa shape index (κ3) is 4.67. The largest absolute Gasteiger partial charge is 0.480 e. The fourth-order valence-corrected chi connectivity index (χ4v) is 1.40. The van der Waals surface area contributed by atoms with Gasteiger partial charge in [-0.2, -0.15) is 0 Å². The second kappa shape index (κ2) is 6.67. The first-order chi connectivity index (χ1) is 8.13. The predicted octanol–water partition coefficient (Wildman–Crippen LogP) is 0.977. The van der Waals surface area contributed by atoms with Gasteiger partial charge in [0.15, 0.2) is 0 Å². The average molecular weight is 240 g/mol. The molecule has 0 aliphatic heterocycles. The molecule has 0 aromatic carbocycles. The van der Waals surface area contributed by atoms with Crippen molar-refractivity contribution in [1.82, 2.24) is 10.5 Å². The highest BCUT2D eigenvalue weighted by molar-refractivity contribution is 5.84. The van der Waals surface area contributed by atoms with Gasteiger partial charge in [0.05, 0.1) is 12.1 Å². The molecule has 6 heteroatoms. The molecule has 6 nitrogen and oxygen atoms in total. The van der Waals surface area contributed by atoms with Gasteiger partial charge in [0, 0.05) is 6.07 Å². The van der Waals surface area contributed by atoms with E-state index in [0.29, 0.717) is 12.1 Å². The van der Waals surface area contributed by atoms with Crippen LogP contribution in [0.25, 0.3) is 0 Å². The Morgan fingerprint density at radius 2 is 2.35 bits per heavy atom. The standard InChI is InChI=1S/C11H16N2O4/c1-2-3-4-9(11(15)16)12-10(14)7-8-5-6-17-13-8/h5-6,9H,2-4,7H2,1H3,(H,12,14)(H,15,16)/t9-/m0/s1. The molecule has 0 bridgehead atoms. The van der Waals surface area contributed by atoms with Crippen LogP contribution in [-0.4, -0.2) is 28.2 Å². The van der Waals surface area contributed by atoms with Gasteiger partial charge in [0.1, 0.15) is 12.3 Å². The molecule has 0 saturated carbocycles. The SMILES string of the molecule is CCCC[C@H](NC(=O)Cc1ccon1)C(=O)O. The van der Waals surface area contributed by atoms with Crippen LogP contribution in [0.5, 0.6) is 0 Å². The van der Waals surface area contributed by atoms with Crippen LogP contribution in [0.1, 0.15) is 31.9 Å². The van der Waals surface area contributed by atoms with E-state index in [1.54, 1.807) is 6.07 Å². The van der Waals surface area contributed by atoms with E-state index in [9.17, 15) is 9.59 Å². The molecule has 0 unspecified atom stereocenters. The summed E-state index contributed by atoms with van der Waals surface area (Å²) in [6, 6.07) is 0.746. The van der Waals surface area contributed by atoms with Crippen LogP contribution in [0.3, 0.4) is 0 Å². The van der Waals surface area contributed by atoms with E-state index in [1.807, 2.05) is 6.92 Å². The molecule has 0 radical (unpaired) electrons. The zero-order valence-electron chi connectivity index (χ0n) is 9.68. The van der Waals surface area contributed by atoms with Gasteiger partial charge in [-0.05, 0) is 6.42 Å². The number of carbonyl (C=O) groups is 2. The van der Waals surface area contributed by atoms with Crippen LogP contribution in [0.2, 0.25) is 0 Å². The van der Waals surface area contributed by atoms with E-state index in [2.05, 4.69) is 15.0 Å². The number of carboxylic acids is 1. The van der Waals surface area contributed by atoms with Crippen molar-refractivity contribution in [3.05, 3.63) is 18.0 Å². The second-order valence-corrected chi connectivity index (χ2v) is 3.77. The van der Waals surface area contributed by atoms with Gasteiger partial charge in [0.25, 0.3) is 0 Å². The van der Waals surface area contributed by atoms with Crippen LogP contribution >= 0.6 is 0 Å². The number of carbonyl (C=O) groups excluding carboxylic acids is 1. The zero-order chi connectivity index (χ0) is 12.7. The molecule has 1 heterocycles. The summed E-state index contributed by atoms with van der Waals surface area (Å²) < 4.78 is 4.59. The van der Waals surface area contributed by atoms with Crippen LogP contribution in [-0.2, 0) is 16.0 Å². The third-order valence-electron chi connectivity index (χ3n) is 2.31. The number of amides is 1. The monoisotopic (exact) mass is 240 g/mol. The highest BCUT2D eigenvalue weighted by atomic mass is 16.5. The molecule has 1 rings (SSSR count). The molecule has 0 spiro atoms. The summed E-state index contributed by atoms with van der Waals surface area (Å²) >= 11 is 0. The van der Waals surface area contributed by atoms with Crippen molar-refractivity contribution in [2.24, 2.45) is 0 Å². The summed E-state index contributed by atoms with van der Waals surface area (Å²) in [6.45, 7) is 1.97. The quantitative estimate of drug-likeness (QED) is 0.741. The summed E-state index contributed by atoms with van der Waals surface area (Å²) in [5.74, 6) is -1.37. The van der Waals surface area contributed by atoms with Crippen molar-refractivity contribution in [3.63, 3.8) is 0 Å². The van der Waals surface area contributed by atoms with E-state index >= 15 is 0 Å². The Morgan fingerprint density at radius 3 is 2.88 bits per heavy atom. The van der Waals surface area contributed by atoms with Crippen molar-refractivity contribution in [3.8, 4) is 0 Å². The summed E-state index contributed by atoms with van der Waals surface area (Å²) in [7, 11) is 0. The maximum Gasteiger partial charge on any atom is 0.326 e. The molecule has 1 atom stereocenters. The van der Waals surface area contributed by atoms with Gasteiger partial charge >= 0.3 is 5.97 Å². The lowest BCUT2D eigenvalue weighted by Gasteiger charge is -2.13. The van der Waals surface area contributed by atoms with Crippen molar-refractivity contribution in [2.75, 3.05) is 0 Å². The molecular weight excluding hydrogens is 224 g/mol. The zero-order valence-corrected chi connectivity index (χ0v) is 9.68. The van der Waals surface area contributed by atoms with E-state index in [4.69, 9.17) is 5.11 Å². The molecule has 1 aromatic rings. The van der Waals surface area contributed by atoms with Crippen molar-refractivity contribution in [1.29, 1.82) is 0 Å². The summed E-state index contributed by atoms with van der Waals surface area (Å²) in [5, 5.41) is 15.0. The number of carboxylic acid groups (broad SMARTS) is 1. The summed E-state index contributed by atoms with van der Waals surface area (Å²) in [4.78, 5) is 22.4. The predicted molar refractivity (Wildman–Crippen MR) is 59.3 cm³/mol. The Morgan fingerprint density at radius 1 is 1.59 bits per heavy atom. The van der Waals surface area contributed by atoms with E-state index in [0.717, 1.165) is 12.8 Å². The Balaban J connectivity index is 2.43. The topological polar surface area (TPSA) is 92.4 Å². The van der Waals surface area contributed by atoms with Crippen molar-refractivity contribution < 1.29 is 19.2 Å². The molecular formula is C11H16N2O4. The molecule has 17 heavy (non-hydrogen) atoms. The lowest BCUT2D eigenvalue weighted by Crippen LogP contribution is -2.41. The number of unbranched alkanes of at least 4 members (excludes halogenated alkanes) is 1. The summed E-state index contributed by atoms with van der Waals surface area (Å²) in [5.41, 5.74) is 0.488. The Labute approximate surface area is 99.0 Å². The number of hydrogen-bond acceptors (Lipinski definition) is 4. The fourth-order valence-electron chi connectivity index (χ4n) is 1.40. The van der Waals surface area contributed by atoms with Crippen molar-refractivity contribution in [2.45, 2.75) is 38.6 Å². The van der Waals surface area contributed by atoms with E-state index in [-0.39, 0.29) is 12.3 Å². The Hall–Kier alpha value is -1.85. The Bertz CT molecular complexity index is 362. The first kappa shape index (κ1) is 13.2. The Kier molecular flexibility index (Phi) is 5.19. The molecule has 1 amide bonds. The minimum Gasteiger partial charge on any atom is -0.480 e. The maximum absolute atomic E-state index is 11.5. The first-order valence-electron chi connectivity index (χ1n) is 5.55. The van der Waals surface area contributed by atoms with Gasteiger partial charge in [0.2, 0.25) is 5.91 Å². The molecule has 0 aliphatic carbocycles. The van der Waals surface area contributed by atoms with Crippen LogP contribution in [0.15, 0.2) is 16.9 Å². The highest BCUT2D eigenvalue weighted by Crippen LogP contribution is 2.02. The number of nitrogens with zero attached hydrogens (tertiary/aromatic N) is 1. The third-order valence-corrected chi connectivity index (χ3v) is 2.31. The lowest BCUT2D eigenvalue weighted by molar-refractivity contribution is -0.142. The van der Waals surface area contributed by atoms with Gasteiger partial charge in [-0.3, -0.25) is 4.79 Å². The fraction of sp³-hybridized carbons (Fsp3) is 0.545. The number of aromatic nitrogens is 1. The maximum atomic E-state index is 11.5. The molecule has 94 valence electrons. The number of hydrogen-bond donors (Lipinski definition) is 2. The molecule has 1 aromatic heterocycles. The molecule has 2 N–H and O–H groups in total. The number of nitrogens with one attached hydrogen (secondary N) is 1. The first-order valence-corrected chi connectivity index (χ1v) is 5.55. The van der Waals surface area contributed by atoms with Crippen molar-refractivity contribution >= 4 is 11.9 Å². The van der Waals surface area contributed by atoms with Gasteiger partial charge in [-0.1, -0.05) is 24.9 Å². The van der Waals surface area contributed by atoms with Crippen LogP contribution in [0, 0.1) is 0 Å². The van der Waals surface area contributed by atoms with Crippen LogP contribution < -0.4 is 5.32 Å². The van der Waals surface area contributed by atoms with Gasteiger partial charge < -0.3 is 14.9 Å². The van der Waals surface area contributed by atoms with Gasteiger partial charge in [-0.25, -0.2) is 4.79 Å². The molecule has 0 saturated heterocycles. The average Bonchev–Trinajstić information content (AvgIpc) is 2.76. The highest BCUT2D eigenvalue weighted by Gasteiger charge is 2.19.